The van der Waals surface area contributed by atoms with Crippen molar-refractivity contribution in [1.82, 2.24) is 5.32 Å². The van der Waals surface area contributed by atoms with Gasteiger partial charge in [-0.05, 0) is 12.5 Å². The van der Waals surface area contributed by atoms with Crippen LogP contribution < -0.4 is 15.8 Å². The standard InChI is InChI=1S/C13H16F2N2O4/c14-13(15)21-10-4-2-1-3-8(10)7-17-12(20)9(16)5-6-11(18)19/h1-4,9,13H,5-7,16H2,(H,17,20)(H,18,19). The first kappa shape index (κ1) is 16.8. The van der Waals surface area contributed by atoms with Crippen LogP contribution in [0.4, 0.5) is 8.78 Å². The number of carbonyl (C=O) groups excluding carboxylic acids is 1. The minimum atomic E-state index is -2.96. The van der Waals surface area contributed by atoms with Crippen LogP contribution in [-0.4, -0.2) is 29.6 Å². The quantitative estimate of drug-likeness (QED) is 0.667. The second-order valence-corrected chi connectivity index (χ2v) is 4.24. The Hall–Kier alpha value is -2.22. The summed E-state index contributed by atoms with van der Waals surface area (Å²) in [5.74, 6) is -1.64. The smallest absolute Gasteiger partial charge is 0.387 e. The molecule has 1 atom stereocenters. The number of amides is 1. The maximum atomic E-state index is 12.2. The zero-order valence-corrected chi connectivity index (χ0v) is 11.1. The molecule has 1 aromatic rings. The van der Waals surface area contributed by atoms with Gasteiger partial charge in [0.2, 0.25) is 5.91 Å². The number of carbonyl (C=O) groups is 2. The van der Waals surface area contributed by atoms with Gasteiger partial charge < -0.3 is 20.9 Å². The summed E-state index contributed by atoms with van der Waals surface area (Å²) in [6.45, 7) is -3.00. The Balaban J connectivity index is 2.54. The fraction of sp³-hybridized carbons (Fsp3) is 0.385. The summed E-state index contributed by atoms with van der Waals surface area (Å²) in [5, 5.41) is 11.0. The number of hydrogen-bond donors (Lipinski definition) is 3. The fourth-order valence-electron chi connectivity index (χ4n) is 1.58. The van der Waals surface area contributed by atoms with E-state index in [0.29, 0.717) is 5.56 Å². The molecule has 0 bridgehead atoms. The van der Waals surface area contributed by atoms with Gasteiger partial charge in [0.25, 0.3) is 0 Å². The molecular formula is C13H16F2N2O4. The van der Waals surface area contributed by atoms with E-state index in [-0.39, 0.29) is 25.1 Å². The number of benzene rings is 1. The Kier molecular flexibility index (Phi) is 6.54. The van der Waals surface area contributed by atoms with Crippen molar-refractivity contribution in [3.05, 3.63) is 29.8 Å². The number of nitrogens with one attached hydrogen (secondary N) is 1. The summed E-state index contributed by atoms with van der Waals surface area (Å²) in [7, 11) is 0. The second-order valence-electron chi connectivity index (χ2n) is 4.24. The molecule has 0 spiro atoms. The molecule has 8 heteroatoms. The number of ether oxygens (including phenoxy) is 1. The summed E-state index contributed by atoms with van der Waals surface area (Å²) in [5.41, 5.74) is 5.89. The zero-order chi connectivity index (χ0) is 15.8. The van der Waals surface area contributed by atoms with E-state index in [1.54, 1.807) is 6.07 Å². The molecule has 116 valence electrons. The second kappa shape index (κ2) is 8.15. The van der Waals surface area contributed by atoms with Crippen LogP contribution in [0.15, 0.2) is 24.3 Å². The molecule has 0 aliphatic rings. The van der Waals surface area contributed by atoms with Crippen LogP contribution in [0, 0.1) is 0 Å². The number of rotatable bonds is 8. The third kappa shape index (κ3) is 6.17. The molecule has 6 nitrogen and oxygen atoms in total. The van der Waals surface area contributed by atoms with Crippen molar-refractivity contribution in [2.45, 2.75) is 32.0 Å². The Labute approximate surface area is 119 Å². The van der Waals surface area contributed by atoms with Crippen molar-refractivity contribution in [1.29, 1.82) is 0 Å². The van der Waals surface area contributed by atoms with Gasteiger partial charge in [0, 0.05) is 18.5 Å². The number of halogens is 2. The first-order valence-corrected chi connectivity index (χ1v) is 6.18. The number of carboxylic acids is 1. The van der Waals surface area contributed by atoms with Crippen molar-refractivity contribution >= 4 is 11.9 Å². The van der Waals surface area contributed by atoms with Crippen molar-refractivity contribution in [3.63, 3.8) is 0 Å². The fourth-order valence-corrected chi connectivity index (χ4v) is 1.58. The number of alkyl halides is 2. The summed E-state index contributed by atoms with van der Waals surface area (Å²) in [4.78, 5) is 22.0. The van der Waals surface area contributed by atoms with Crippen molar-refractivity contribution in [3.8, 4) is 5.75 Å². The van der Waals surface area contributed by atoms with Gasteiger partial charge in [-0.3, -0.25) is 9.59 Å². The van der Waals surface area contributed by atoms with Crippen LogP contribution in [0.5, 0.6) is 5.75 Å². The predicted octanol–water partition coefficient (Wildman–Crippen LogP) is 1.10. The van der Waals surface area contributed by atoms with Crippen LogP contribution in [0.1, 0.15) is 18.4 Å². The molecule has 21 heavy (non-hydrogen) atoms. The van der Waals surface area contributed by atoms with Crippen LogP contribution in [0.2, 0.25) is 0 Å². The SMILES string of the molecule is NC(CCC(=O)O)C(=O)NCc1ccccc1OC(F)F. The molecule has 0 saturated heterocycles. The molecule has 1 unspecified atom stereocenters. The molecule has 1 aromatic carbocycles. The Morgan fingerprint density at radius 3 is 2.62 bits per heavy atom. The lowest BCUT2D eigenvalue weighted by Crippen LogP contribution is -2.40. The highest BCUT2D eigenvalue weighted by atomic mass is 19.3. The van der Waals surface area contributed by atoms with Gasteiger partial charge in [0.1, 0.15) is 5.75 Å². The molecule has 1 amide bonds. The summed E-state index contributed by atoms with van der Waals surface area (Å²) in [6.07, 6.45) is -0.226. The largest absolute Gasteiger partial charge is 0.481 e. The normalized spacial score (nSPS) is 12.0. The number of carboxylic acid groups (broad SMARTS) is 1. The lowest BCUT2D eigenvalue weighted by molar-refractivity contribution is -0.137. The van der Waals surface area contributed by atoms with E-state index in [1.807, 2.05) is 0 Å². The lowest BCUT2D eigenvalue weighted by atomic mass is 10.1. The van der Waals surface area contributed by atoms with E-state index >= 15 is 0 Å². The van der Waals surface area contributed by atoms with Crippen LogP contribution in [0.25, 0.3) is 0 Å². The first-order chi connectivity index (χ1) is 9.90. The Morgan fingerprint density at radius 1 is 1.33 bits per heavy atom. The van der Waals surface area contributed by atoms with Gasteiger partial charge in [-0.2, -0.15) is 8.78 Å². The van der Waals surface area contributed by atoms with Gasteiger partial charge >= 0.3 is 12.6 Å². The van der Waals surface area contributed by atoms with E-state index in [4.69, 9.17) is 10.8 Å². The first-order valence-electron chi connectivity index (χ1n) is 6.18. The molecule has 0 radical (unpaired) electrons. The maximum Gasteiger partial charge on any atom is 0.387 e. The van der Waals surface area contributed by atoms with Gasteiger partial charge in [-0.1, -0.05) is 18.2 Å². The Morgan fingerprint density at radius 2 is 2.00 bits per heavy atom. The summed E-state index contributed by atoms with van der Waals surface area (Å²) in [6, 6.07) is 5.06. The number of para-hydroxylation sites is 1. The summed E-state index contributed by atoms with van der Waals surface area (Å²) >= 11 is 0. The molecule has 0 aliphatic heterocycles. The van der Waals surface area contributed by atoms with Gasteiger partial charge in [-0.15, -0.1) is 0 Å². The third-order valence-corrected chi connectivity index (χ3v) is 2.65. The van der Waals surface area contributed by atoms with Crippen LogP contribution >= 0.6 is 0 Å². The molecule has 0 aliphatic carbocycles. The van der Waals surface area contributed by atoms with E-state index in [0.717, 1.165) is 0 Å². The highest BCUT2D eigenvalue weighted by Gasteiger charge is 2.15. The molecular weight excluding hydrogens is 286 g/mol. The minimum Gasteiger partial charge on any atom is -0.481 e. The van der Waals surface area contributed by atoms with E-state index in [1.165, 1.54) is 18.2 Å². The molecule has 1 rings (SSSR count). The highest BCUT2D eigenvalue weighted by Crippen LogP contribution is 2.19. The zero-order valence-electron chi connectivity index (χ0n) is 11.1. The van der Waals surface area contributed by atoms with Crippen molar-refractivity contribution in [2.24, 2.45) is 5.73 Å². The Bertz CT molecular complexity index is 497. The average molecular weight is 302 g/mol. The number of nitrogens with two attached hydrogens (primary N) is 1. The third-order valence-electron chi connectivity index (χ3n) is 2.65. The van der Waals surface area contributed by atoms with E-state index in [9.17, 15) is 18.4 Å². The predicted molar refractivity (Wildman–Crippen MR) is 69.8 cm³/mol. The number of aliphatic carboxylic acids is 1. The van der Waals surface area contributed by atoms with Gasteiger partial charge in [-0.25, -0.2) is 0 Å². The lowest BCUT2D eigenvalue weighted by Gasteiger charge is -2.13. The van der Waals surface area contributed by atoms with Crippen molar-refractivity contribution < 1.29 is 28.2 Å². The van der Waals surface area contributed by atoms with Gasteiger partial charge in [0.15, 0.2) is 0 Å². The minimum absolute atomic E-state index is 0.00362. The summed E-state index contributed by atoms with van der Waals surface area (Å²) < 4.78 is 28.8. The van der Waals surface area contributed by atoms with Crippen LogP contribution in [-0.2, 0) is 16.1 Å². The number of hydrogen-bond acceptors (Lipinski definition) is 4. The van der Waals surface area contributed by atoms with Crippen LogP contribution in [0.3, 0.4) is 0 Å². The molecule has 0 fully saturated rings. The van der Waals surface area contributed by atoms with Crippen molar-refractivity contribution in [2.75, 3.05) is 0 Å². The molecule has 4 N–H and O–H groups in total. The van der Waals surface area contributed by atoms with E-state index < -0.39 is 24.5 Å². The monoisotopic (exact) mass is 302 g/mol. The topological polar surface area (TPSA) is 102 Å². The molecule has 0 aromatic heterocycles. The average Bonchev–Trinajstić information content (AvgIpc) is 2.42. The highest BCUT2D eigenvalue weighted by molar-refractivity contribution is 5.82. The molecule has 0 heterocycles. The van der Waals surface area contributed by atoms with E-state index in [2.05, 4.69) is 10.1 Å². The molecule has 0 saturated carbocycles. The maximum absolute atomic E-state index is 12.2. The van der Waals surface area contributed by atoms with Gasteiger partial charge in [0.05, 0.1) is 6.04 Å².